The Labute approximate surface area is 103 Å². The molecule has 1 aromatic rings. The highest BCUT2D eigenvalue weighted by atomic mass is 16.5. The van der Waals surface area contributed by atoms with Gasteiger partial charge in [-0.25, -0.2) is 0 Å². The average Bonchev–Trinajstić information content (AvgIpc) is 2.36. The molecule has 0 saturated carbocycles. The van der Waals surface area contributed by atoms with E-state index in [0.29, 0.717) is 5.75 Å². The first kappa shape index (κ1) is 13.6. The summed E-state index contributed by atoms with van der Waals surface area (Å²) in [5, 5.41) is 3.24. The molecule has 0 bridgehead atoms. The standard InChI is InChI=1S/C13H21NO3/c1-13(2,14-3)12-10(16-5)7-9(15-4)8-11(12)17-6/h7-8,14H,1-6H3. The van der Waals surface area contributed by atoms with E-state index in [1.54, 1.807) is 21.3 Å². The molecule has 17 heavy (non-hydrogen) atoms. The molecule has 0 aliphatic rings. The summed E-state index contributed by atoms with van der Waals surface area (Å²) in [7, 11) is 6.81. The second kappa shape index (κ2) is 5.27. The van der Waals surface area contributed by atoms with Gasteiger partial charge in [0.1, 0.15) is 17.2 Å². The quantitative estimate of drug-likeness (QED) is 0.854. The number of hydrogen-bond acceptors (Lipinski definition) is 4. The van der Waals surface area contributed by atoms with Gasteiger partial charge in [-0.1, -0.05) is 0 Å². The predicted molar refractivity (Wildman–Crippen MR) is 68.2 cm³/mol. The van der Waals surface area contributed by atoms with Crippen LogP contribution in [0.15, 0.2) is 12.1 Å². The van der Waals surface area contributed by atoms with Crippen LogP contribution in [0.2, 0.25) is 0 Å². The van der Waals surface area contributed by atoms with Gasteiger partial charge in [0, 0.05) is 17.7 Å². The van der Waals surface area contributed by atoms with Crippen molar-refractivity contribution in [1.82, 2.24) is 5.32 Å². The van der Waals surface area contributed by atoms with Crippen molar-refractivity contribution in [1.29, 1.82) is 0 Å². The molecule has 0 spiro atoms. The lowest BCUT2D eigenvalue weighted by molar-refractivity contribution is 0.336. The Hall–Kier alpha value is -1.42. The van der Waals surface area contributed by atoms with Crippen LogP contribution >= 0.6 is 0 Å². The smallest absolute Gasteiger partial charge is 0.131 e. The van der Waals surface area contributed by atoms with Gasteiger partial charge >= 0.3 is 0 Å². The lowest BCUT2D eigenvalue weighted by atomic mass is 9.92. The van der Waals surface area contributed by atoms with Gasteiger partial charge in [-0.05, 0) is 20.9 Å². The Morgan fingerprint density at radius 2 is 1.41 bits per heavy atom. The van der Waals surface area contributed by atoms with E-state index in [-0.39, 0.29) is 5.54 Å². The van der Waals surface area contributed by atoms with Crippen molar-refractivity contribution in [2.24, 2.45) is 0 Å². The lowest BCUT2D eigenvalue weighted by Crippen LogP contribution is -2.34. The van der Waals surface area contributed by atoms with Gasteiger partial charge in [0.05, 0.1) is 26.9 Å². The summed E-state index contributed by atoms with van der Waals surface area (Å²) in [6.07, 6.45) is 0. The Morgan fingerprint density at radius 1 is 0.941 bits per heavy atom. The summed E-state index contributed by atoms with van der Waals surface area (Å²) in [5.41, 5.74) is 0.731. The van der Waals surface area contributed by atoms with Crippen LogP contribution in [-0.4, -0.2) is 28.4 Å². The first-order valence-corrected chi connectivity index (χ1v) is 5.49. The second-order valence-electron chi connectivity index (χ2n) is 4.28. The minimum atomic E-state index is -0.247. The second-order valence-corrected chi connectivity index (χ2v) is 4.28. The highest BCUT2D eigenvalue weighted by molar-refractivity contribution is 5.53. The molecule has 0 amide bonds. The molecule has 0 saturated heterocycles. The van der Waals surface area contributed by atoms with Crippen LogP contribution in [0.25, 0.3) is 0 Å². The number of nitrogens with one attached hydrogen (secondary N) is 1. The molecule has 0 radical (unpaired) electrons. The third-order valence-electron chi connectivity index (χ3n) is 2.97. The maximum absolute atomic E-state index is 5.42. The summed E-state index contributed by atoms with van der Waals surface area (Å²) in [6, 6.07) is 3.72. The number of rotatable bonds is 5. The molecule has 1 aromatic carbocycles. The summed E-state index contributed by atoms with van der Waals surface area (Å²) in [4.78, 5) is 0. The van der Waals surface area contributed by atoms with Crippen LogP contribution in [0.5, 0.6) is 17.2 Å². The fourth-order valence-corrected chi connectivity index (χ4v) is 1.75. The van der Waals surface area contributed by atoms with Crippen molar-refractivity contribution in [2.75, 3.05) is 28.4 Å². The normalized spacial score (nSPS) is 11.2. The molecule has 0 aromatic heterocycles. The SMILES string of the molecule is CNC(C)(C)c1c(OC)cc(OC)cc1OC. The van der Waals surface area contributed by atoms with Crippen LogP contribution in [0, 0.1) is 0 Å². The number of ether oxygens (including phenoxy) is 3. The Bertz CT molecular complexity index is 363. The van der Waals surface area contributed by atoms with E-state index in [1.807, 2.05) is 19.2 Å². The molecule has 1 rings (SSSR count). The number of methoxy groups -OCH3 is 3. The highest BCUT2D eigenvalue weighted by Gasteiger charge is 2.27. The highest BCUT2D eigenvalue weighted by Crippen LogP contribution is 2.40. The van der Waals surface area contributed by atoms with Crippen LogP contribution in [0.1, 0.15) is 19.4 Å². The van der Waals surface area contributed by atoms with Crippen molar-refractivity contribution in [3.05, 3.63) is 17.7 Å². The average molecular weight is 239 g/mol. The van der Waals surface area contributed by atoms with E-state index in [9.17, 15) is 0 Å². The summed E-state index contributed by atoms with van der Waals surface area (Å²) >= 11 is 0. The first-order valence-electron chi connectivity index (χ1n) is 5.49. The molecular weight excluding hydrogens is 218 g/mol. The van der Waals surface area contributed by atoms with Crippen molar-refractivity contribution >= 4 is 0 Å². The van der Waals surface area contributed by atoms with E-state index in [4.69, 9.17) is 14.2 Å². The molecule has 0 heterocycles. The Kier molecular flexibility index (Phi) is 4.23. The van der Waals surface area contributed by atoms with Crippen molar-refractivity contribution in [3.8, 4) is 17.2 Å². The Morgan fingerprint density at radius 3 is 1.71 bits per heavy atom. The Balaban J connectivity index is 3.45. The predicted octanol–water partition coefficient (Wildman–Crippen LogP) is 2.17. The molecule has 0 unspecified atom stereocenters. The van der Waals surface area contributed by atoms with Gasteiger partial charge < -0.3 is 19.5 Å². The maximum atomic E-state index is 5.42. The molecule has 1 N–H and O–H groups in total. The van der Waals surface area contributed by atoms with Gasteiger partial charge in [-0.3, -0.25) is 0 Å². The van der Waals surface area contributed by atoms with Crippen LogP contribution in [-0.2, 0) is 5.54 Å². The minimum Gasteiger partial charge on any atom is -0.496 e. The van der Waals surface area contributed by atoms with E-state index < -0.39 is 0 Å². The van der Waals surface area contributed by atoms with E-state index >= 15 is 0 Å². The lowest BCUT2D eigenvalue weighted by Gasteiger charge is -2.28. The molecule has 0 atom stereocenters. The summed E-state index contributed by atoms with van der Waals surface area (Å²) < 4.78 is 16.1. The number of hydrogen-bond donors (Lipinski definition) is 1. The number of benzene rings is 1. The van der Waals surface area contributed by atoms with Crippen molar-refractivity contribution < 1.29 is 14.2 Å². The molecule has 96 valence electrons. The van der Waals surface area contributed by atoms with E-state index in [0.717, 1.165) is 17.1 Å². The van der Waals surface area contributed by atoms with Crippen LogP contribution in [0.3, 0.4) is 0 Å². The molecule has 0 fully saturated rings. The van der Waals surface area contributed by atoms with Crippen LogP contribution < -0.4 is 19.5 Å². The minimum absolute atomic E-state index is 0.247. The van der Waals surface area contributed by atoms with Gasteiger partial charge in [0.25, 0.3) is 0 Å². The van der Waals surface area contributed by atoms with Gasteiger partial charge in [0.15, 0.2) is 0 Å². The molecule has 4 heteroatoms. The fourth-order valence-electron chi connectivity index (χ4n) is 1.75. The molecule has 4 nitrogen and oxygen atoms in total. The van der Waals surface area contributed by atoms with Gasteiger partial charge in [-0.15, -0.1) is 0 Å². The molecule has 0 aliphatic heterocycles. The zero-order valence-corrected chi connectivity index (χ0v) is 11.4. The van der Waals surface area contributed by atoms with Gasteiger partial charge in [-0.2, -0.15) is 0 Å². The zero-order chi connectivity index (χ0) is 13.1. The third-order valence-corrected chi connectivity index (χ3v) is 2.97. The summed E-state index contributed by atoms with van der Waals surface area (Å²) in [5.74, 6) is 2.22. The fraction of sp³-hybridized carbons (Fsp3) is 0.538. The topological polar surface area (TPSA) is 39.7 Å². The molecule has 0 aliphatic carbocycles. The zero-order valence-electron chi connectivity index (χ0n) is 11.4. The maximum Gasteiger partial charge on any atom is 0.131 e. The van der Waals surface area contributed by atoms with E-state index in [2.05, 4.69) is 19.2 Å². The van der Waals surface area contributed by atoms with Crippen LogP contribution in [0.4, 0.5) is 0 Å². The molecular formula is C13H21NO3. The monoisotopic (exact) mass is 239 g/mol. The van der Waals surface area contributed by atoms with Crippen molar-refractivity contribution in [2.45, 2.75) is 19.4 Å². The van der Waals surface area contributed by atoms with Crippen molar-refractivity contribution in [3.63, 3.8) is 0 Å². The largest absolute Gasteiger partial charge is 0.496 e. The third kappa shape index (κ3) is 2.64. The van der Waals surface area contributed by atoms with Gasteiger partial charge in [0.2, 0.25) is 0 Å². The first-order chi connectivity index (χ1) is 8.00. The summed E-state index contributed by atoms with van der Waals surface area (Å²) in [6.45, 7) is 4.14. The van der Waals surface area contributed by atoms with E-state index in [1.165, 1.54) is 0 Å².